The number of benzene rings is 2. The molecule has 22 heavy (non-hydrogen) atoms. The summed E-state index contributed by atoms with van der Waals surface area (Å²) in [5.74, 6) is -0.0145. The van der Waals surface area contributed by atoms with Crippen LogP contribution in [0.4, 0.5) is 5.69 Å². The van der Waals surface area contributed by atoms with Crippen molar-refractivity contribution >= 4 is 17.4 Å². The first kappa shape index (κ1) is 14.5. The van der Waals surface area contributed by atoms with Crippen LogP contribution in [0.2, 0.25) is 0 Å². The number of hydrogen-bond acceptors (Lipinski definition) is 2. The van der Waals surface area contributed by atoms with Crippen molar-refractivity contribution in [3.8, 4) is 0 Å². The van der Waals surface area contributed by atoms with Gasteiger partial charge in [-0.25, -0.2) is 0 Å². The fraction of sp³-hybridized carbons (Fsp3) is 0.263. The summed E-state index contributed by atoms with van der Waals surface area (Å²) in [6, 6.07) is 15.2. The minimum atomic E-state index is -0.786. The molecule has 0 fully saturated rings. The standard InChI is InChI=1S/C19H19NO2/c1-13-7-6-8-14(11-13)17(21)12-19(2)15-9-4-5-10-16(15)20(3)18(19)22/h4-11H,12H2,1-3H3. The van der Waals surface area contributed by atoms with Gasteiger partial charge in [0.15, 0.2) is 5.78 Å². The van der Waals surface area contributed by atoms with Gasteiger partial charge < -0.3 is 4.90 Å². The molecule has 0 N–H and O–H groups in total. The maximum absolute atomic E-state index is 12.7. The van der Waals surface area contributed by atoms with Gasteiger partial charge in [-0.3, -0.25) is 9.59 Å². The van der Waals surface area contributed by atoms with Crippen LogP contribution in [0.15, 0.2) is 48.5 Å². The molecule has 0 spiro atoms. The Labute approximate surface area is 130 Å². The predicted molar refractivity (Wildman–Crippen MR) is 87.3 cm³/mol. The number of hydrogen-bond donors (Lipinski definition) is 0. The van der Waals surface area contributed by atoms with Crippen LogP contribution < -0.4 is 4.90 Å². The number of carbonyl (C=O) groups excluding carboxylic acids is 2. The van der Waals surface area contributed by atoms with Gasteiger partial charge in [0.2, 0.25) is 5.91 Å². The highest BCUT2D eigenvalue weighted by molar-refractivity contribution is 6.11. The second kappa shape index (κ2) is 5.09. The van der Waals surface area contributed by atoms with Gasteiger partial charge in [-0.2, -0.15) is 0 Å². The van der Waals surface area contributed by atoms with Crippen molar-refractivity contribution < 1.29 is 9.59 Å². The lowest BCUT2D eigenvalue weighted by Gasteiger charge is -2.22. The van der Waals surface area contributed by atoms with Gasteiger partial charge in [-0.1, -0.05) is 42.0 Å². The molecule has 1 unspecified atom stereocenters. The summed E-state index contributed by atoms with van der Waals surface area (Å²) in [6.45, 7) is 3.83. The maximum atomic E-state index is 12.7. The topological polar surface area (TPSA) is 37.4 Å². The van der Waals surface area contributed by atoms with Crippen LogP contribution in [0.25, 0.3) is 0 Å². The summed E-state index contributed by atoms with van der Waals surface area (Å²) < 4.78 is 0. The van der Waals surface area contributed by atoms with Gasteiger partial charge in [0.05, 0.1) is 5.41 Å². The molecule has 3 nitrogen and oxygen atoms in total. The number of likely N-dealkylation sites (N-methyl/N-ethyl adjacent to an activating group) is 1. The Morgan fingerprint density at radius 2 is 1.86 bits per heavy atom. The van der Waals surface area contributed by atoms with E-state index < -0.39 is 5.41 Å². The van der Waals surface area contributed by atoms with Crippen molar-refractivity contribution in [2.24, 2.45) is 0 Å². The van der Waals surface area contributed by atoms with E-state index >= 15 is 0 Å². The third kappa shape index (κ3) is 2.13. The number of para-hydroxylation sites is 1. The number of rotatable bonds is 3. The highest BCUT2D eigenvalue weighted by Gasteiger charge is 2.47. The zero-order valence-corrected chi connectivity index (χ0v) is 13.1. The monoisotopic (exact) mass is 293 g/mol. The summed E-state index contributed by atoms with van der Waals surface area (Å²) in [6.07, 6.45) is 0.191. The van der Waals surface area contributed by atoms with Gasteiger partial charge >= 0.3 is 0 Å². The van der Waals surface area contributed by atoms with Crippen LogP contribution in [0, 0.1) is 6.92 Å². The van der Waals surface area contributed by atoms with Gasteiger partial charge in [-0.15, -0.1) is 0 Å². The van der Waals surface area contributed by atoms with E-state index in [1.54, 1.807) is 11.9 Å². The molecule has 3 heteroatoms. The zero-order chi connectivity index (χ0) is 15.9. The smallest absolute Gasteiger partial charge is 0.237 e. The Morgan fingerprint density at radius 1 is 1.14 bits per heavy atom. The summed E-state index contributed by atoms with van der Waals surface area (Å²) in [4.78, 5) is 27.0. The Hall–Kier alpha value is -2.42. The number of nitrogens with zero attached hydrogens (tertiary/aromatic N) is 1. The first-order valence-corrected chi connectivity index (χ1v) is 7.41. The van der Waals surface area contributed by atoms with Crippen molar-refractivity contribution in [1.29, 1.82) is 0 Å². The molecule has 2 aromatic carbocycles. The third-order valence-corrected chi connectivity index (χ3v) is 4.49. The Kier molecular flexibility index (Phi) is 3.36. The molecule has 0 aromatic heterocycles. The number of anilines is 1. The van der Waals surface area contributed by atoms with Crippen LogP contribution in [0.5, 0.6) is 0 Å². The SMILES string of the molecule is Cc1cccc(C(=O)CC2(C)C(=O)N(C)c3ccccc32)c1. The summed E-state index contributed by atoms with van der Waals surface area (Å²) in [5.41, 5.74) is 2.76. The van der Waals surface area contributed by atoms with E-state index in [0.717, 1.165) is 16.8 Å². The molecule has 3 rings (SSSR count). The van der Waals surface area contributed by atoms with Crippen LogP contribution in [0.1, 0.15) is 34.8 Å². The number of fused-ring (bicyclic) bond motifs is 1. The Balaban J connectivity index is 1.98. The van der Waals surface area contributed by atoms with Gasteiger partial charge in [0.1, 0.15) is 0 Å². The Morgan fingerprint density at radius 3 is 2.59 bits per heavy atom. The quantitative estimate of drug-likeness (QED) is 0.812. The summed E-state index contributed by atoms with van der Waals surface area (Å²) >= 11 is 0. The van der Waals surface area contributed by atoms with E-state index in [4.69, 9.17) is 0 Å². The molecule has 0 saturated heterocycles. The number of Topliss-reactive ketones (excluding diaryl/α,β-unsaturated/α-hetero) is 1. The van der Waals surface area contributed by atoms with E-state index in [-0.39, 0.29) is 18.1 Å². The van der Waals surface area contributed by atoms with E-state index in [2.05, 4.69) is 0 Å². The van der Waals surface area contributed by atoms with E-state index in [0.29, 0.717) is 5.56 Å². The summed E-state index contributed by atoms with van der Waals surface area (Å²) in [5, 5.41) is 0. The van der Waals surface area contributed by atoms with Crippen molar-refractivity contribution in [3.05, 3.63) is 65.2 Å². The lowest BCUT2D eigenvalue weighted by Crippen LogP contribution is -2.37. The molecule has 1 atom stereocenters. The fourth-order valence-corrected chi connectivity index (χ4v) is 3.24. The van der Waals surface area contributed by atoms with Crippen molar-refractivity contribution in [3.63, 3.8) is 0 Å². The third-order valence-electron chi connectivity index (χ3n) is 4.49. The first-order chi connectivity index (χ1) is 10.4. The molecule has 1 aliphatic rings. The molecule has 112 valence electrons. The van der Waals surface area contributed by atoms with E-state index in [1.807, 2.05) is 62.4 Å². The predicted octanol–water partition coefficient (Wildman–Crippen LogP) is 3.50. The van der Waals surface area contributed by atoms with Crippen molar-refractivity contribution in [1.82, 2.24) is 0 Å². The highest BCUT2D eigenvalue weighted by atomic mass is 16.2. The van der Waals surface area contributed by atoms with E-state index in [9.17, 15) is 9.59 Å². The number of aryl methyl sites for hydroxylation is 1. The summed E-state index contributed by atoms with van der Waals surface area (Å²) in [7, 11) is 1.77. The average molecular weight is 293 g/mol. The molecule has 1 aliphatic heterocycles. The largest absolute Gasteiger partial charge is 0.314 e. The van der Waals surface area contributed by atoms with Crippen LogP contribution >= 0.6 is 0 Å². The highest BCUT2D eigenvalue weighted by Crippen LogP contribution is 2.43. The van der Waals surface area contributed by atoms with Crippen molar-refractivity contribution in [2.45, 2.75) is 25.7 Å². The van der Waals surface area contributed by atoms with Gasteiger partial charge in [0, 0.05) is 24.7 Å². The van der Waals surface area contributed by atoms with Gasteiger partial charge in [0.25, 0.3) is 0 Å². The molecule has 0 aliphatic carbocycles. The molecule has 0 radical (unpaired) electrons. The first-order valence-electron chi connectivity index (χ1n) is 7.41. The number of ketones is 1. The minimum absolute atomic E-state index is 0.00431. The minimum Gasteiger partial charge on any atom is -0.314 e. The molecule has 0 saturated carbocycles. The fourth-order valence-electron chi connectivity index (χ4n) is 3.24. The molecular weight excluding hydrogens is 274 g/mol. The second-order valence-corrected chi connectivity index (χ2v) is 6.18. The molecular formula is C19H19NO2. The van der Waals surface area contributed by atoms with Gasteiger partial charge in [-0.05, 0) is 31.5 Å². The van der Waals surface area contributed by atoms with Crippen molar-refractivity contribution in [2.75, 3.05) is 11.9 Å². The molecule has 2 aromatic rings. The zero-order valence-electron chi connectivity index (χ0n) is 13.1. The normalized spacial score (nSPS) is 20.1. The maximum Gasteiger partial charge on any atom is 0.237 e. The Bertz CT molecular complexity index is 766. The molecule has 1 amide bonds. The van der Waals surface area contributed by atoms with Crippen LogP contribution in [-0.2, 0) is 10.2 Å². The van der Waals surface area contributed by atoms with Crippen LogP contribution in [-0.4, -0.2) is 18.7 Å². The van der Waals surface area contributed by atoms with E-state index in [1.165, 1.54) is 0 Å². The number of amides is 1. The molecule has 1 heterocycles. The van der Waals surface area contributed by atoms with Crippen LogP contribution in [0.3, 0.4) is 0 Å². The lowest BCUT2D eigenvalue weighted by atomic mass is 9.78. The average Bonchev–Trinajstić information content (AvgIpc) is 2.70. The second-order valence-electron chi connectivity index (χ2n) is 6.18. The lowest BCUT2D eigenvalue weighted by molar-refractivity contribution is -0.122. The number of carbonyl (C=O) groups is 2. The molecule has 0 bridgehead atoms.